The van der Waals surface area contributed by atoms with E-state index in [2.05, 4.69) is 16.4 Å². The highest BCUT2D eigenvalue weighted by Crippen LogP contribution is 2.37. The van der Waals surface area contributed by atoms with Crippen LogP contribution in [0.2, 0.25) is 10.0 Å². The predicted molar refractivity (Wildman–Crippen MR) is 99.2 cm³/mol. The first-order chi connectivity index (χ1) is 12.5. The summed E-state index contributed by atoms with van der Waals surface area (Å²) in [6, 6.07) is 5.80. The number of nitriles is 1. The first-order valence-corrected chi connectivity index (χ1v) is 9.62. The number of hydrogen-bond donors (Lipinski definition) is 1. The lowest BCUT2D eigenvalue weighted by Crippen LogP contribution is -2.53. The largest absolute Gasteiger partial charge is 0.366 e. The first-order valence-electron chi connectivity index (χ1n) is 8.86. The average molecular weight is 395 g/mol. The fourth-order valence-corrected chi connectivity index (χ4v) is 4.85. The van der Waals surface area contributed by atoms with Crippen LogP contribution < -0.4 is 10.2 Å². The summed E-state index contributed by atoms with van der Waals surface area (Å²) >= 11 is 12.2. The van der Waals surface area contributed by atoms with Crippen molar-refractivity contribution >= 4 is 34.8 Å². The zero-order valence-electron chi connectivity index (χ0n) is 14.2. The van der Waals surface area contributed by atoms with Crippen LogP contribution in [0.3, 0.4) is 0 Å². The molecule has 4 rings (SSSR count). The Balaban J connectivity index is 1.40. The maximum absolute atomic E-state index is 12.7. The molecule has 26 heavy (non-hydrogen) atoms. The summed E-state index contributed by atoms with van der Waals surface area (Å²) in [6.07, 6.45) is 4.55. The molecule has 3 aliphatic heterocycles. The molecule has 3 fully saturated rings. The molecular weight excluding hydrogens is 375 g/mol. The SMILES string of the molecule is N#CN1[C@H]2CC[C@@H]1[C@H](NC(=O)[C@@H]1CN(c3cc(Cl)cc(Cl)c3)CCO1)C2. The van der Waals surface area contributed by atoms with Gasteiger partial charge < -0.3 is 19.9 Å². The van der Waals surface area contributed by atoms with Crippen molar-refractivity contribution in [2.45, 2.75) is 43.5 Å². The van der Waals surface area contributed by atoms with Gasteiger partial charge in [-0.05, 0) is 37.5 Å². The third kappa shape index (κ3) is 3.32. The molecule has 3 saturated heterocycles. The predicted octanol–water partition coefficient (Wildman–Crippen LogP) is 2.40. The van der Waals surface area contributed by atoms with Crippen molar-refractivity contribution in [2.75, 3.05) is 24.6 Å². The van der Waals surface area contributed by atoms with Crippen LogP contribution in [0.5, 0.6) is 0 Å². The maximum atomic E-state index is 12.7. The summed E-state index contributed by atoms with van der Waals surface area (Å²) in [5.74, 6) is -0.113. The van der Waals surface area contributed by atoms with E-state index in [1.165, 1.54) is 0 Å². The number of hydrogen-bond acceptors (Lipinski definition) is 5. The molecule has 0 aliphatic carbocycles. The number of nitrogens with one attached hydrogen (secondary N) is 1. The third-order valence-electron chi connectivity index (χ3n) is 5.55. The minimum atomic E-state index is -0.545. The molecule has 1 aromatic rings. The Morgan fingerprint density at radius 1 is 1.27 bits per heavy atom. The van der Waals surface area contributed by atoms with Gasteiger partial charge >= 0.3 is 0 Å². The van der Waals surface area contributed by atoms with E-state index in [-0.39, 0.29) is 24.0 Å². The van der Waals surface area contributed by atoms with Gasteiger partial charge in [0.05, 0.1) is 25.2 Å². The summed E-state index contributed by atoms with van der Waals surface area (Å²) in [5, 5.41) is 13.5. The smallest absolute Gasteiger partial charge is 0.251 e. The van der Waals surface area contributed by atoms with Crippen LogP contribution in [0.25, 0.3) is 0 Å². The van der Waals surface area contributed by atoms with E-state index < -0.39 is 6.10 Å². The summed E-state index contributed by atoms with van der Waals surface area (Å²) in [7, 11) is 0. The lowest BCUT2D eigenvalue weighted by molar-refractivity contribution is -0.134. The highest BCUT2D eigenvalue weighted by Gasteiger charge is 2.47. The molecule has 1 amide bonds. The second kappa shape index (κ2) is 7.15. The Bertz CT molecular complexity index is 733. The molecule has 6 nitrogen and oxygen atoms in total. The zero-order chi connectivity index (χ0) is 18.3. The Labute approximate surface area is 162 Å². The standard InChI is InChI=1S/C18H20Cl2N4O2/c19-11-5-12(20)7-14(6-11)23-3-4-26-17(9-23)18(25)22-15-8-13-1-2-16(15)24(13)10-21/h5-7,13,15-17H,1-4,8-9H2,(H,22,25)/t13-,15+,16+,17-/m0/s1. The Hall–Kier alpha value is -1.68. The van der Waals surface area contributed by atoms with E-state index in [4.69, 9.17) is 27.9 Å². The molecule has 0 radical (unpaired) electrons. The number of carbonyl (C=O) groups is 1. The second-order valence-electron chi connectivity index (χ2n) is 7.09. The van der Waals surface area contributed by atoms with Crippen molar-refractivity contribution in [1.29, 1.82) is 5.26 Å². The number of anilines is 1. The minimum absolute atomic E-state index is 0.0282. The molecular formula is C18H20Cl2N4O2. The van der Waals surface area contributed by atoms with E-state index in [0.29, 0.717) is 29.7 Å². The summed E-state index contributed by atoms with van der Waals surface area (Å²) in [4.78, 5) is 16.6. The molecule has 0 unspecified atom stereocenters. The number of morpholine rings is 1. The molecule has 4 atom stereocenters. The van der Waals surface area contributed by atoms with Crippen molar-refractivity contribution in [3.8, 4) is 6.19 Å². The number of benzene rings is 1. The van der Waals surface area contributed by atoms with Crippen LogP contribution in [-0.4, -0.2) is 54.7 Å². The van der Waals surface area contributed by atoms with Gasteiger partial charge in [-0.25, -0.2) is 0 Å². The number of halogens is 2. The van der Waals surface area contributed by atoms with E-state index in [1.807, 2.05) is 17.0 Å². The highest BCUT2D eigenvalue weighted by atomic mass is 35.5. The van der Waals surface area contributed by atoms with Crippen molar-refractivity contribution < 1.29 is 9.53 Å². The molecule has 1 aromatic carbocycles. The topological polar surface area (TPSA) is 68.6 Å². The number of nitrogens with zero attached hydrogens (tertiary/aromatic N) is 3. The monoisotopic (exact) mass is 394 g/mol. The molecule has 3 heterocycles. The van der Waals surface area contributed by atoms with Gasteiger partial charge in [0.2, 0.25) is 0 Å². The van der Waals surface area contributed by atoms with E-state index in [9.17, 15) is 10.1 Å². The number of rotatable bonds is 3. The van der Waals surface area contributed by atoms with Crippen LogP contribution >= 0.6 is 23.2 Å². The first kappa shape index (κ1) is 17.7. The number of ether oxygens (including phenoxy) is 1. The Morgan fingerprint density at radius 3 is 2.73 bits per heavy atom. The summed E-state index contributed by atoms with van der Waals surface area (Å²) < 4.78 is 5.70. The fraction of sp³-hybridized carbons (Fsp3) is 0.556. The van der Waals surface area contributed by atoms with Crippen LogP contribution in [-0.2, 0) is 9.53 Å². The zero-order valence-corrected chi connectivity index (χ0v) is 15.7. The van der Waals surface area contributed by atoms with Gasteiger partial charge in [0.1, 0.15) is 0 Å². The second-order valence-corrected chi connectivity index (χ2v) is 7.96. The average Bonchev–Trinajstić information content (AvgIpc) is 3.17. The molecule has 1 N–H and O–H groups in total. The molecule has 0 saturated carbocycles. The van der Waals surface area contributed by atoms with Gasteiger partial charge in [-0.15, -0.1) is 0 Å². The van der Waals surface area contributed by atoms with Gasteiger partial charge in [0.25, 0.3) is 5.91 Å². The maximum Gasteiger partial charge on any atom is 0.251 e. The van der Waals surface area contributed by atoms with Crippen LogP contribution in [0.1, 0.15) is 19.3 Å². The molecule has 138 valence electrons. The summed E-state index contributed by atoms with van der Waals surface area (Å²) in [6.45, 7) is 1.59. The quantitative estimate of drug-likeness (QED) is 0.797. The number of amides is 1. The molecule has 3 aliphatic rings. The van der Waals surface area contributed by atoms with Crippen molar-refractivity contribution in [2.24, 2.45) is 0 Å². The Kier molecular flexibility index (Phi) is 4.87. The normalized spacial score (nSPS) is 30.3. The molecule has 0 aromatic heterocycles. The van der Waals surface area contributed by atoms with Crippen LogP contribution in [0, 0.1) is 11.5 Å². The lowest BCUT2D eigenvalue weighted by Gasteiger charge is -2.35. The fourth-order valence-electron chi connectivity index (χ4n) is 4.34. The van der Waals surface area contributed by atoms with Gasteiger partial charge in [0, 0.05) is 28.3 Å². The molecule has 0 spiro atoms. The molecule has 8 heteroatoms. The number of fused-ring (bicyclic) bond motifs is 2. The number of carbonyl (C=O) groups excluding carboxylic acids is 1. The van der Waals surface area contributed by atoms with Gasteiger partial charge in [-0.2, -0.15) is 5.26 Å². The third-order valence-corrected chi connectivity index (χ3v) is 5.99. The van der Waals surface area contributed by atoms with Crippen LogP contribution in [0.4, 0.5) is 5.69 Å². The molecule has 2 bridgehead atoms. The van der Waals surface area contributed by atoms with Crippen molar-refractivity contribution in [3.05, 3.63) is 28.2 Å². The van der Waals surface area contributed by atoms with Gasteiger partial charge in [-0.1, -0.05) is 23.2 Å². The van der Waals surface area contributed by atoms with E-state index >= 15 is 0 Å². The Morgan fingerprint density at radius 2 is 2.04 bits per heavy atom. The van der Waals surface area contributed by atoms with Crippen molar-refractivity contribution in [3.63, 3.8) is 0 Å². The highest BCUT2D eigenvalue weighted by molar-refractivity contribution is 6.35. The van der Waals surface area contributed by atoms with Crippen LogP contribution in [0.15, 0.2) is 18.2 Å². The summed E-state index contributed by atoms with van der Waals surface area (Å²) in [5.41, 5.74) is 0.888. The van der Waals surface area contributed by atoms with Gasteiger partial charge in [-0.3, -0.25) is 4.79 Å². The van der Waals surface area contributed by atoms with Gasteiger partial charge in [0.15, 0.2) is 12.3 Å². The lowest BCUT2D eigenvalue weighted by atomic mass is 9.95. The minimum Gasteiger partial charge on any atom is -0.366 e. The van der Waals surface area contributed by atoms with E-state index in [1.54, 1.807) is 6.07 Å². The van der Waals surface area contributed by atoms with E-state index in [0.717, 1.165) is 24.9 Å². The van der Waals surface area contributed by atoms with Crippen molar-refractivity contribution in [1.82, 2.24) is 10.2 Å².